The lowest BCUT2D eigenvalue weighted by atomic mass is 9.95. The molecule has 1 aromatic heterocycles. The molecule has 0 aromatic carbocycles. The van der Waals surface area contributed by atoms with E-state index < -0.39 is 17.8 Å². The first-order valence-corrected chi connectivity index (χ1v) is 12.0. The quantitative estimate of drug-likeness (QED) is 0.541. The Morgan fingerprint density at radius 2 is 1.82 bits per heavy atom. The van der Waals surface area contributed by atoms with Gasteiger partial charge in [0.15, 0.2) is 0 Å². The van der Waals surface area contributed by atoms with Crippen LogP contribution in [0.3, 0.4) is 0 Å². The number of carbonyl (C=O) groups is 3. The molecular formula is C24H32FN5O4. The molecule has 2 aliphatic carbocycles. The molecule has 34 heavy (non-hydrogen) atoms. The second-order valence-corrected chi connectivity index (χ2v) is 9.23. The maximum atomic E-state index is 14.5. The molecule has 2 heterocycles. The fourth-order valence-electron chi connectivity index (χ4n) is 5.30. The number of amides is 2. The van der Waals surface area contributed by atoms with Crippen LogP contribution in [0.5, 0.6) is 0 Å². The molecule has 1 aliphatic heterocycles. The van der Waals surface area contributed by atoms with Crippen LogP contribution in [0.2, 0.25) is 0 Å². The van der Waals surface area contributed by atoms with Gasteiger partial charge in [0.1, 0.15) is 5.69 Å². The number of hydrogen-bond acceptors (Lipinski definition) is 6. The standard InChI is InChI=1S/C24H32FN5O4/c1-26-23(32)19-8-9-20(21(25)27-19)30-12-10-29(11-13-30)16-7-6-15(14-16)22(31)28-18-5-3-2-4-17(18)24(33)34/h8-9,15-16H,2-7,10-14H2,1H3,(H,26,32)(H,28,31)(H,33,34). The number of aliphatic carboxylic acids is 1. The van der Waals surface area contributed by atoms with Crippen LogP contribution in [-0.4, -0.2) is 72.0 Å². The zero-order chi connectivity index (χ0) is 24.2. The molecule has 3 aliphatic rings. The highest BCUT2D eigenvalue weighted by Crippen LogP contribution is 2.32. The van der Waals surface area contributed by atoms with Crippen LogP contribution in [0.1, 0.15) is 55.4 Å². The number of anilines is 1. The van der Waals surface area contributed by atoms with Crippen molar-refractivity contribution in [1.82, 2.24) is 20.5 Å². The Labute approximate surface area is 198 Å². The summed E-state index contributed by atoms with van der Waals surface area (Å²) in [6.07, 6.45) is 5.31. The second-order valence-electron chi connectivity index (χ2n) is 9.23. The Morgan fingerprint density at radius 1 is 1.09 bits per heavy atom. The monoisotopic (exact) mass is 473 g/mol. The molecule has 2 atom stereocenters. The van der Waals surface area contributed by atoms with Crippen LogP contribution in [0.25, 0.3) is 0 Å². The van der Waals surface area contributed by atoms with Gasteiger partial charge in [-0.3, -0.25) is 14.5 Å². The average Bonchev–Trinajstić information content (AvgIpc) is 3.34. The first-order valence-electron chi connectivity index (χ1n) is 12.0. The van der Waals surface area contributed by atoms with Crippen molar-refractivity contribution in [2.45, 2.75) is 51.0 Å². The molecule has 2 fully saturated rings. The lowest BCUT2D eigenvalue weighted by Gasteiger charge is -2.39. The molecule has 184 valence electrons. The van der Waals surface area contributed by atoms with E-state index in [9.17, 15) is 23.9 Å². The lowest BCUT2D eigenvalue weighted by molar-refractivity contribution is -0.133. The van der Waals surface area contributed by atoms with E-state index in [-0.39, 0.29) is 23.6 Å². The minimum atomic E-state index is -0.938. The molecule has 3 N–H and O–H groups in total. The molecule has 1 saturated carbocycles. The molecule has 1 saturated heterocycles. The molecule has 4 rings (SSSR count). The number of nitrogens with one attached hydrogen (secondary N) is 2. The van der Waals surface area contributed by atoms with Crippen molar-refractivity contribution in [2.24, 2.45) is 5.92 Å². The maximum Gasteiger partial charge on any atom is 0.333 e. The highest BCUT2D eigenvalue weighted by atomic mass is 19.1. The van der Waals surface area contributed by atoms with Crippen LogP contribution < -0.4 is 15.5 Å². The number of rotatable bonds is 6. The van der Waals surface area contributed by atoms with Gasteiger partial charge in [0.05, 0.1) is 11.3 Å². The molecule has 0 bridgehead atoms. The van der Waals surface area contributed by atoms with Crippen molar-refractivity contribution in [3.05, 3.63) is 35.0 Å². The third-order valence-electron chi connectivity index (χ3n) is 7.24. The lowest BCUT2D eigenvalue weighted by Crippen LogP contribution is -2.50. The number of nitrogens with zero attached hydrogens (tertiary/aromatic N) is 3. The largest absolute Gasteiger partial charge is 0.478 e. The summed E-state index contributed by atoms with van der Waals surface area (Å²) in [6, 6.07) is 3.42. The summed E-state index contributed by atoms with van der Waals surface area (Å²) in [5.74, 6) is -2.20. The Bertz CT molecular complexity index is 990. The van der Waals surface area contributed by atoms with Gasteiger partial charge in [-0.25, -0.2) is 9.78 Å². The summed E-state index contributed by atoms with van der Waals surface area (Å²) in [4.78, 5) is 44.1. The van der Waals surface area contributed by atoms with Gasteiger partial charge in [-0.1, -0.05) is 0 Å². The summed E-state index contributed by atoms with van der Waals surface area (Å²) >= 11 is 0. The zero-order valence-corrected chi connectivity index (χ0v) is 19.5. The number of halogens is 1. The van der Waals surface area contributed by atoms with Crippen LogP contribution >= 0.6 is 0 Å². The third-order valence-corrected chi connectivity index (χ3v) is 7.24. The Kier molecular flexibility index (Phi) is 7.45. The maximum absolute atomic E-state index is 14.5. The predicted molar refractivity (Wildman–Crippen MR) is 124 cm³/mol. The van der Waals surface area contributed by atoms with Crippen molar-refractivity contribution in [1.29, 1.82) is 0 Å². The van der Waals surface area contributed by atoms with E-state index in [4.69, 9.17) is 0 Å². The minimum Gasteiger partial charge on any atom is -0.478 e. The average molecular weight is 474 g/mol. The number of hydrogen-bond donors (Lipinski definition) is 3. The van der Waals surface area contributed by atoms with Crippen LogP contribution in [-0.2, 0) is 9.59 Å². The normalized spacial score (nSPS) is 23.6. The summed E-state index contributed by atoms with van der Waals surface area (Å²) in [7, 11) is 1.48. The van der Waals surface area contributed by atoms with Crippen molar-refractivity contribution in [3.63, 3.8) is 0 Å². The highest BCUT2D eigenvalue weighted by molar-refractivity contribution is 5.92. The molecule has 0 spiro atoms. The van der Waals surface area contributed by atoms with E-state index >= 15 is 0 Å². The first kappa shape index (κ1) is 24.1. The fourth-order valence-corrected chi connectivity index (χ4v) is 5.30. The van der Waals surface area contributed by atoms with Gasteiger partial charge in [-0.05, 0) is 57.1 Å². The molecule has 10 heteroatoms. The summed E-state index contributed by atoms with van der Waals surface area (Å²) in [6.45, 7) is 2.79. The van der Waals surface area contributed by atoms with E-state index in [1.807, 2.05) is 4.90 Å². The van der Waals surface area contributed by atoms with Gasteiger partial charge < -0.3 is 20.6 Å². The predicted octanol–water partition coefficient (Wildman–Crippen LogP) is 1.90. The van der Waals surface area contributed by atoms with E-state index in [1.165, 1.54) is 13.1 Å². The summed E-state index contributed by atoms with van der Waals surface area (Å²) in [5, 5.41) is 14.8. The first-order chi connectivity index (χ1) is 16.4. The van der Waals surface area contributed by atoms with Crippen LogP contribution in [0.4, 0.5) is 10.1 Å². The molecule has 1 aromatic rings. The fraction of sp³-hybridized carbons (Fsp3) is 0.583. The van der Waals surface area contributed by atoms with Crippen LogP contribution in [0.15, 0.2) is 23.4 Å². The molecule has 2 amide bonds. The summed E-state index contributed by atoms with van der Waals surface area (Å²) < 4.78 is 14.5. The SMILES string of the molecule is CNC(=O)c1ccc(N2CCN(C3CCC(C(=O)NC4=C(C(=O)O)CCCC4)C3)CC2)c(F)n1. The highest BCUT2D eigenvalue weighted by Gasteiger charge is 2.35. The van der Waals surface area contributed by atoms with Crippen molar-refractivity contribution >= 4 is 23.5 Å². The second kappa shape index (κ2) is 10.5. The number of piperazine rings is 1. The van der Waals surface area contributed by atoms with E-state index in [1.54, 1.807) is 6.07 Å². The minimum absolute atomic E-state index is 0.0529. The van der Waals surface area contributed by atoms with E-state index in [0.29, 0.717) is 42.9 Å². The Morgan fingerprint density at radius 3 is 2.50 bits per heavy atom. The smallest absolute Gasteiger partial charge is 0.333 e. The number of carboxylic acid groups (broad SMARTS) is 1. The molecule has 9 nitrogen and oxygen atoms in total. The third kappa shape index (κ3) is 5.22. The number of allylic oxidation sites excluding steroid dienone is 1. The topological polar surface area (TPSA) is 115 Å². The van der Waals surface area contributed by atoms with E-state index in [2.05, 4.69) is 20.5 Å². The Balaban J connectivity index is 1.30. The van der Waals surface area contributed by atoms with Crippen molar-refractivity contribution < 1.29 is 23.9 Å². The molecular weight excluding hydrogens is 441 g/mol. The zero-order valence-electron chi connectivity index (χ0n) is 19.5. The van der Waals surface area contributed by atoms with Gasteiger partial charge in [0.2, 0.25) is 11.9 Å². The van der Waals surface area contributed by atoms with E-state index in [0.717, 1.165) is 45.2 Å². The van der Waals surface area contributed by atoms with Crippen molar-refractivity contribution in [3.8, 4) is 0 Å². The van der Waals surface area contributed by atoms with Crippen molar-refractivity contribution in [2.75, 3.05) is 38.1 Å². The van der Waals surface area contributed by atoms with Gasteiger partial charge >= 0.3 is 5.97 Å². The number of pyridine rings is 1. The molecule has 0 radical (unpaired) electrons. The van der Waals surface area contributed by atoms with Gasteiger partial charge in [-0.15, -0.1) is 0 Å². The number of carbonyl (C=O) groups excluding carboxylic acids is 2. The van der Waals surface area contributed by atoms with Gasteiger partial charge in [0, 0.05) is 50.9 Å². The van der Waals surface area contributed by atoms with Gasteiger partial charge in [-0.2, -0.15) is 4.39 Å². The molecule has 2 unspecified atom stereocenters. The summed E-state index contributed by atoms with van der Waals surface area (Å²) in [5.41, 5.74) is 1.37. The van der Waals surface area contributed by atoms with Gasteiger partial charge in [0.25, 0.3) is 5.91 Å². The number of aromatic nitrogens is 1. The number of carboxylic acids is 1. The van der Waals surface area contributed by atoms with Crippen LogP contribution in [0, 0.1) is 11.9 Å². The Hall–Kier alpha value is -3.01.